The number of fused-ring (bicyclic) bond motifs is 1. The number of nitrogens with zero attached hydrogens (tertiary/aromatic N) is 1. The fraction of sp³-hybridized carbons (Fsp3) is 0.440. The maximum absolute atomic E-state index is 13.5. The smallest absolute Gasteiger partial charge is 0.450 e. The summed E-state index contributed by atoms with van der Waals surface area (Å²) in [6, 6.07) is 13.5. The van der Waals surface area contributed by atoms with E-state index in [-0.39, 0.29) is 16.9 Å². The van der Waals surface area contributed by atoms with Gasteiger partial charge in [0.2, 0.25) is 10.0 Å². The van der Waals surface area contributed by atoms with Crippen LogP contribution in [0.1, 0.15) is 38.5 Å². The van der Waals surface area contributed by atoms with E-state index in [1.54, 1.807) is 24.3 Å². The van der Waals surface area contributed by atoms with E-state index in [0.717, 1.165) is 36.8 Å². The molecule has 2 N–H and O–H groups in total. The minimum atomic E-state index is -3.93. The molecule has 3 atom stereocenters. The molecule has 1 amide bonds. The van der Waals surface area contributed by atoms with Crippen molar-refractivity contribution < 1.29 is 32.6 Å². The highest BCUT2D eigenvalue weighted by Gasteiger charge is 2.51. The summed E-state index contributed by atoms with van der Waals surface area (Å²) in [6.07, 6.45) is 2.16. The maximum atomic E-state index is 13.5. The van der Waals surface area contributed by atoms with Crippen LogP contribution in [0.2, 0.25) is 0 Å². The Balaban J connectivity index is 1.28. The van der Waals surface area contributed by atoms with E-state index in [1.807, 2.05) is 12.1 Å². The van der Waals surface area contributed by atoms with Crippen molar-refractivity contribution in [1.29, 1.82) is 0 Å². The maximum Gasteiger partial charge on any atom is 0.507 e. The molecule has 0 bridgehead atoms. The van der Waals surface area contributed by atoms with Crippen molar-refractivity contribution in [3.63, 3.8) is 0 Å². The lowest BCUT2D eigenvalue weighted by molar-refractivity contribution is 0.00936. The molecule has 1 aliphatic heterocycles. The van der Waals surface area contributed by atoms with Crippen molar-refractivity contribution in [1.82, 2.24) is 4.31 Å². The van der Waals surface area contributed by atoms with Crippen molar-refractivity contribution in [2.45, 2.75) is 55.7 Å². The number of hydrogen-bond acceptors (Lipinski definition) is 6. The lowest BCUT2D eigenvalue weighted by Crippen LogP contribution is -2.43. The minimum absolute atomic E-state index is 0.101. The lowest BCUT2D eigenvalue weighted by Gasteiger charge is -2.27. The Bertz CT molecular complexity index is 1190. The number of carboxylic acid groups (broad SMARTS) is 1. The van der Waals surface area contributed by atoms with E-state index in [2.05, 4.69) is 5.32 Å². The number of sulfonamides is 1. The van der Waals surface area contributed by atoms with Gasteiger partial charge in [0.1, 0.15) is 0 Å². The van der Waals surface area contributed by atoms with Gasteiger partial charge in [0.05, 0.1) is 11.5 Å². The average Bonchev–Trinajstić information content (AvgIpc) is 3.45. The number of carbonyl (C=O) groups is 2. The molecule has 3 aliphatic rings. The van der Waals surface area contributed by atoms with Crippen LogP contribution in [0.25, 0.3) is 11.1 Å². The van der Waals surface area contributed by atoms with E-state index >= 15 is 0 Å². The molecule has 9 nitrogen and oxygen atoms in total. The first-order valence-electron chi connectivity index (χ1n) is 11.9. The normalized spacial score (nSPS) is 24.1. The van der Waals surface area contributed by atoms with Crippen LogP contribution in [0.3, 0.4) is 0 Å². The molecule has 5 rings (SSSR count). The molecule has 2 saturated carbocycles. The fourth-order valence-electron chi connectivity index (χ4n) is 5.07. The summed E-state index contributed by atoms with van der Waals surface area (Å²) < 4.78 is 38.3. The van der Waals surface area contributed by atoms with Crippen LogP contribution in [0.15, 0.2) is 53.4 Å². The highest BCUT2D eigenvalue weighted by atomic mass is 32.2. The third-order valence-electron chi connectivity index (χ3n) is 7.01. The second-order valence-corrected chi connectivity index (χ2v) is 11.3. The molecule has 2 aromatic carbocycles. The van der Waals surface area contributed by atoms with Gasteiger partial charge in [0.15, 0.2) is 6.23 Å². The van der Waals surface area contributed by atoms with E-state index in [9.17, 15) is 18.0 Å². The van der Waals surface area contributed by atoms with Crippen LogP contribution in [0.5, 0.6) is 0 Å². The number of benzene rings is 2. The summed E-state index contributed by atoms with van der Waals surface area (Å²) in [5, 5.41) is 11.8. The first-order chi connectivity index (χ1) is 16.8. The fourth-order valence-corrected chi connectivity index (χ4v) is 6.87. The zero-order chi connectivity index (χ0) is 24.6. The second kappa shape index (κ2) is 9.50. The van der Waals surface area contributed by atoms with Gasteiger partial charge in [-0.25, -0.2) is 18.0 Å². The Kier molecular flexibility index (Phi) is 6.41. The van der Waals surface area contributed by atoms with E-state index < -0.39 is 28.5 Å². The molecule has 186 valence electrons. The number of rotatable bonds is 7. The predicted octanol–water partition coefficient (Wildman–Crippen LogP) is 4.90. The van der Waals surface area contributed by atoms with Crippen molar-refractivity contribution in [2.24, 2.45) is 11.8 Å². The predicted molar refractivity (Wildman–Crippen MR) is 127 cm³/mol. The molecular weight excluding hydrogens is 472 g/mol. The monoisotopic (exact) mass is 500 g/mol. The molecular formula is C25H28N2O7S. The van der Waals surface area contributed by atoms with Gasteiger partial charge in [0.25, 0.3) is 0 Å². The topological polar surface area (TPSA) is 122 Å². The summed E-state index contributed by atoms with van der Waals surface area (Å²) in [5.74, 6) is 0.613. The minimum Gasteiger partial charge on any atom is -0.450 e. The second-order valence-electron chi connectivity index (χ2n) is 9.44. The van der Waals surface area contributed by atoms with Crippen LogP contribution >= 0.6 is 0 Å². The molecule has 1 saturated heterocycles. The Morgan fingerprint density at radius 3 is 2.26 bits per heavy atom. The van der Waals surface area contributed by atoms with E-state index in [1.165, 1.54) is 16.4 Å². The van der Waals surface area contributed by atoms with Crippen molar-refractivity contribution >= 4 is 28.0 Å². The molecule has 10 heteroatoms. The van der Waals surface area contributed by atoms with Gasteiger partial charge in [-0.15, -0.1) is 0 Å². The molecule has 0 aromatic heterocycles. The Hall–Kier alpha value is -3.11. The summed E-state index contributed by atoms with van der Waals surface area (Å²) in [4.78, 5) is 23.1. The van der Waals surface area contributed by atoms with E-state index in [4.69, 9.17) is 14.6 Å². The lowest BCUT2D eigenvalue weighted by atomic mass is 10.0. The summed E-state index contributed by atoms with van der Waals surface area (Å²) >= 11 is 0. The van der Waals surface area contributed by atoms with Gasteiger partial charge >= 0.3 is 12.2 Å². The SMILES string of the molecule is O=C(O)OC1CC2CCCC2N1S(=O)(=O)c1ccc(-c2ccc(NC(=O)OCC3CC3)cc2)cc1. The third-order valence-corrected chi connectivity index (χ3v) is 8.94. The highest BCUT2D eigenvalue weighted by Crippen LogP contribution is 2.44. The molecule has 0 radical (unpaired) electrons. The zero-order valence-electron chi connectivity index (χ0n) is 19.1. The number of carbonyl (C=O) groups excluding carboxylic acids is 1. The average molecular weight is 501 g/mol. The largest absolute Gasteiger partial charge is 0.507 e. The number of ether oxygens (including phenoxy) is 2. The Morgan fingerprint density at radius 2 is 1.63 bits per heavy atom. The van der Waals surface area contributed by atoms with Gasteiger partial charge in [-0.05, 0) is 72.9 Å². The van der Waals surface area contributed by atoms with Gasteiger partial charge in [-0.2, -0.15) is 4.31 Å². The molecule has 2 aliphatic carbocycles. The number of nitrogens with one attached hydrogen (secondary N) is 1. The van der Waals surface area contributed by atoms with Crippen LogP contribution < -0.4 is 5.32 Å². The number of hydrogen-bond donors (Lipinski definition) is 2. The number of amides is 1. The van der Waals surface area contributed by atoms with Crippen LogP contribution in [0.4, 0.5) is 15.3 Å². The van der Waals surface area contributed by atoms with Crippen LogP contribution in [0, 0.1) is 11.8 Å². The van der Waals surface area contributed by atoms with Gasteiger partial charge < -0.3 is 14.6 Å². The van der Waals surface area contributed by atoms with E-state index in [0.29, 0.717) is 31.1 Å². The quantitative estimate of drug-likeness (QED) is 0.519. The Morgan fingerprint density at radius 1 is 0.971 bits per heavy atom. The number of anilines is 1. The van der Waals surface area contributed by atoms with Gasteiger partial charge in [0, 0.05) is 18.2 Å². The van der Waals surface area contributed by atoms with Crippen molar-refractivity contribution in [3.8, 4) is 11.1 Å². The molecule has 3 fully saturated rings. The third kappa shape index (κ3) is 5.13. The molecule has 1 heterocycles. The van der Waals surface area contributed by atoms with Crippen LogP contribution in [-0.4, -0.2) is 49.0 Å². The van der Waals surface area contributed by atoms with Gasteiger partial charge in [-0.3, -0.25) is 5.32 Å². The molecule has 3 unspecified atom stereocenters. The zero-order valence-corrected chi connectivity index (χ0v) is 19.9. The molecule has 35 heavy (non-hydrogen) atoms. The molecule has 0 spiro atoms. The van der Waals surface area contributed by atoms with Crippen LogP contribution in [-0.2, 0) is 19.5 Å². The highest BCUT2D eigenvalue weighted by molar-refractivity contribution is 7.89. The first kappa shape index (κ1) is 23.6. The summed E-state index contributed by atoms with van der Waals surface area (Å²) in [7, 11) is -3.93. The Labute approximate surface area is 204 Å². The summed E-state index contributed by atoms with van der Waals surface area (Å²) in [5.41, 5.74) is 2.28. The standard InChI is InChI=1S/C25H28N2O7S/c28-24(33-15-16-4-5-16)26-20-10-6-17(7-11-20)18-8-12-21(13-9-18)35(31,32)27-22-3-1-2-19(22)14-23(27)34-25(29)30/h6-13,16,19,22-23H,1-5,14-15H2,(H,26,28)(H,29,30). The van der Waals surface area contributed by atoms with Gasteiger partial charge in [-0.1, -0.05) is 30.7 Å². The molecule has 2 aromatic rings. The first-order valence-corrected chi connectivity index (χ1v) is 13.3. The summed E-state index contributed by atoms with van der Waals surface area (Å²) in [6.45, 7) is 0.446. The van der Waals surface area contributed by atoms with Crippen molar-refractivity contribution in [3.05, 3.63) is 48.5 Å². The van der Waals surface area contributed by atoms with Crippen molar-refractivity contribution in [2.75, 3.05) is 11.9 Å².